The van der Waals surface area contributed by atoms with Gasteiger partial charge in [-0.25, -0.2) is 73.0 Å². The molecule has 0 spiro atoms. The number of anilines is 5. The van der Waals surface area contributed by atoms with Gasteiger partial charge in [-0.1, -0.05) is 60.7 Å². The number of carboxylic acid groups (broad SMARTS) is 1. The van der Waals surface area contributed by atoms with Crippen molar-refractivity contribution in [2.75, 3.05) is 99.3 Å². The zero-order valence-electron chi connectivity index (χ0n) is 63.3. The summed E-state index contributed by atoms with van der Waals surface area (Å²) in [6, 6.07) is 37.9. The third kappa shape index (κ3) is 22.6. The Balaban J connectivity index is 0.000000186. The lowest BCUT2D eigenvalue weighted by atomic mass is 10.1. The van der Waals surface area contributed by atoms with Crippen LogP contribution in [0.3, 0.4) is 0 Å². The number of amides is 6. The minimum Gasteiger partial charge on any atom is -0.476 e. The minimum atomic E-state index is -1.23. The standard InChI is InChI=1S/C21H19FN6O3.C21H17FN6O2.C15H16N4O3.C14H14N4O3.C6H6BrN3O2/c1-28(2)21(31)13-8-6-12(7-9-13)16-11-24-18(23)17(25-16)20(30)27-26-19(29)14-4-3-5-15(22)10-14;1-28(2)21(29)13-8-6-12(7-9-13)16-11-24-18(23)17(25-16)20-27-26-19(30-20)14-4-3-5-15(22)10-14;1-19(2)14(20)10-6-4-9(5-7-10)11-8-17-13(16)12(18-11)15(21)22-3;1-18(2)13(19)9-5-3-8(4-6-9)10-7-16-12(15)11(17-10)14(20)21;1-12-6(11)4-5(8)9-2-3(7)10-4/h3-11H,1-2H3,(H2,23,24)(H,26,29)(H,27,30);3-11H,1-2H3,(H2,23,24);4-8H,1-3H3,(H2,16,17);3-7H,1-2H3,(H2,15,16)(H,20,21);2H,1H3,(H2,8,9). The van der Waals surface area contributed by atoms with Crippen molar-refractivity contribution < 1.29 is 70.9 Å². The molecule has 6 amide bonds. The third-order valence-electron chi connectivity index (χ3n) is 15.6. The summed E-state index contributed by atoms with van der Waals surface area (Å²) in [4.78, 5) is 152. The maximum atomic E-state index is 13.5. The molecule has 6 aromatic carbocycles. The van der Waals surface area contributed by atoms with E-state index in [1.807, 2.05) is 0 Å². The number of nitrogens with one attached hydrogen (secondary N) is 2. The molecule has 6 heterocycles. The van der Waals surface area contributed by atoms with E-state index < -0.39 is 41.4 Å². The van der Waals surface area contributed by atoms with Crippen molar-refractivity contribution in [2.24, 2.45) is 0 Å². The number of hydrogen-bond acceptors (Lipinski definition) is 29. The molecule has 116 heavy (non-hydrogen) atoms. The molecule has 0 radical (unpaired) electrons. The number of halogens is 3. The lowest BCUT2D eigenvalue weighted by Gasteiger charge is -2.11. The highest BCUT2D eigenvalue weighted by molar-refractivity contribution is 9.10. The SMILES string of the molecule is CN(C)C(=O)c1ccc(-c2cnc(N)c(-c3nnc(-c4cccc(F)c4)o3)n2)cc1.CN(C)C(=O)c1ccc(-c2cnc(N)c(C(=O)NNC(=O)c3cccc(F)c3)n2)cc1.CN(C)C(=O)c1ccc(-c2cnc(N)c(C(=O)O)n2)cc1.COC(=O)c1nc(-c2ccc(C(=O)N(C)C)cc2)cnc1N.COC(=O)c1nc(Br)cnc1N. The quantitative estimate of drug-likeness (QED) is 0.0357. The number of ether oxygens (including phenoxy) is 2. The molecule has 0 aliphatic rings. The Labute approximate surface area is 667 Å². The number of nitrogen functional groups attached to an aromatic ring is 5. The first kappa shape index (κ1) is 86.0. The monoisotopic (exact) mass is 1640 g/mol. The summed E-state index contributed by atoms with van der Waals surface area (Å²) in [7, 11) is 15.9. The van der Waals surface area contributed by atoms with E-state index in [0.717, 1.165) is 11.6 Å². The number of benzene rings is 6. The first-order valence-electron chi connectivity index (χ1n) is 33.6. The Morgan fingerprint density at radius 2 is 0.724 bits per heavy atom. The summed E-state index contributed by atoms with van der Waals surface area (Å²) in [6.45, 7) is 0. The summed E-state index contributed by atoms with van der Waals surface area (Å²) in [5, 5.41) is 16.9. The molecule has 36 nitrogen and oxygen atoms in total. The highest BCUT2D eigenvalue weighted by atomic mass is 79.9. The van der Waals surface area contributed by atoms with Gasteiger partial charge in [-0.3, -0.25) is 39.6 Å². The zero-order chi connectivity index (χ0) is 84.8. The molecule has 0 saturated heterocycles. The van der Waals surface area contributed by atoms with E-state index >= 15 is 0 Å². The Morgan fingerprint density at radius 1 is 0.388 bits per heavy atom. The van der Waals surface area contributed by atoms with Gasteiger partial charge < -0.3 is 67.3 Å². The van der Waals surface area contributed by atoms with Gasteiger partial charge in [0, 0.05) is 112 Å². The third-order valence-corrected chi connectivity index (χ3v) is 15.9. The van der Waals surface area contributed by atoms with Crippen LogP contribution in [0.15, 0.2) is 186 Å². The van der Waals surface area contributed by atoms with Crippen LogP contribution in [-0.2, 0) is 9.47 Å². The highest BCUT2D eigenvalue weighted by Crippen LogP contribution is 2.30. The Hall–Kier alpha value is -15.6. The van der Waals surface area contributed by atoms with Gasteiger partial charge in [-0.2, -0.15) is 0 Å². The lowest BCUT2D eigenvalue weighted by Crippen LogP contribution is -2.42. The molecule has 0 atom stereocenters. The van der Waals surface area contributed by atoms with Gasteiger partial charge in [0.1, 0.15) is 16.2 Å². The van der Waals surface area contributed by atoms with Crippen molar-refractivity contribution in [3.63, 3.8) is 0 Å². The summed E-state index contributed by atoms with van der Waals surface area (Å²) >= 11 is 3.06. The molecule has 594 valence electrons. The Bertz CT molecular complexity index is 5630. The maximum Gasteiger partial charge on any atom is 0.360 e. The van der Waals surface area contributed by atoms with Gasteiger partial charge in [-0.05, 0) is 101 Å². The molecule has 12 rings (SSSR count). The Morgan fingerprint density at radius 3 is 1.12 bits per heavy atom. The number of nitrogens with zero attached hydrogens (tertiary/aromatic N) is 16. The minimum absolute atomic E-state index is 0.00926. The van der Waals surface area contributed by atoms with Crippen LogP contribution in [-0.4, -0.2) is 209 Å². The number of carbonyl (C=O) groups is 9. The second-order valence-electron chi connectivity index (χ2n) is 24.6. The van der Waals surface area contributed by atoms with Gasteiger partial charge in [0.2, 0.25) is 5.89 Å². The molecule has 0 bridgehead atoms. The average molecular weight is 1650 g/mol. The van der Waals surface area contributed by atoms with Crippen molar-refractivity contribution in [1.29, 1.82) is 0 Å². The van der Waals surface area contributed by atoms with E-state index in [0.29, 0.717) is 71.9 Å². The van der Waals surface area contributed by atoms with E-state index in [1.165, 1.54) is 95.1 Å². The predicted molar refractivity (Wildman–Crippen MR) is 423 cm³/mol. The van der Waals surface area contributed by atoms with Gasteiger partial charge in [0.15, 0.2) is 57.6 Å². The average Bonchev–Trinajstić information content (AvgIpc) is 1.52. The Kier molecular flexibility index (Phi) is 29.2. The van der Waals surface area contributed by atoms with Crippen molar-refractivity contribution in [3.8, 4) is 68.1 Å². The molecule has 0 saturated carbocycles. The van der Waals surface area contributed by atoms with E-state index in [-0.39, 0.29) is 98.5 Å². The van der Waals surface area contributed by atoms with Gasteiger partial charge >= 0.3 is 17.9 Å². The normalized spacial score (nSPS) is 10.3. The fourth-order valence-electron chi connectivity index (χ4n) is 9.60. The molecular formula is C77H72BrF2N23O13. The lowest BCUT2D eigenvalue weighted by molar-refractivity contribution is 0.0586. The molecule has 13 N–H and O–H groups in total. The molecule has 0 aliphatic heterocycles. The number of carbonyl (C=O) groups excluding carboxylic acids is 8. The smallest absolute Gasteiger partial charge is 0.360 e. The fraction of sp³-hybridized carbons (Fsp3) is 0.130. The van der Waals surface area contributed by atoms with E-state index in [2.05, 4.69) is 96.3 Å². The second kappa shape index (κ2) is 39.4. The molecule has 6 aromatic heterocycles. The van der Waals surface area contributed by atoms with Crippen LogP contribution in [0.5, 0.6) is 0 Å². The van der Waals surface area contributed by atoms with Crippen molar-refractivity contribution in [2.45, 2.75) is 0 Å². The number of aromatic nitrogens is 12. The number of aromatic carboxylic acids is 1. The van der Waals surface area contributed by atoms with Crippen LogP contribution in [0.1, 0.15) is 93.7 Å². The largest absolute Gasteiger partial charge is 0.476 e. The highest BCUT2D eigenvalue weighted by Gasteiger charge is 2.23. The summed E-state index contributed by atoms with van der Waals surface area (Å²) in [5.41, 5.74) is 39.3. The number of esters is 2. The van der Waals surface area contributed by atoms with Crippen LogP contribution < -0.4 is 39.5 Å². The number of rotatable bonds is 15. The fourth-order valence-corrected chi connectivity index (χ4v) is 9.88. The van der Waals surface area contributed by atoms with E-state index in [4.69, 9.17) is 38.2 Å². The molecule has 12 aromatic rings. The van der Waals surface area contributed by atoms with Crippen molar-refractivity contribution >= 4 is 98.4 Å². The van der Waals surface area contributed by atoms with Crippen molar-refractivity contribution in [1.82, 2.24) is 90.5 Å². The number of nitrogens with two attached hydrogens (primary N) is 5. The van der Waals surface area contributed by atoms with Crippen LogP contribution in [0.25, 0.3) is 68.1 Å². The van der Waals surface area contributed by atoms with Crippen LogP contribution >= 0.6 is 15.9 Å². The first-order chi connectivity index (χ1) is 55.2. The summed E-state index contributed by atoms with van der Waals surface area (Å²) < 4.78 is 41.8. The number of hydrogen-bond donors (Lipinski definition) is 8. The molecule has 39 heteroatoms. The first-order valence-corrected chi connectivity index (χ1v) is 34.4. The summed E-state index contributed by atoms with van der Waals surface area (Å²) in [5.74, 6) is -5.31. The van der Waals surface area contributed by atoms with E-state index in [1.54, 1.807) is 166 Å². The van der Waals surface area contributed by atoms with E-state index in [9.17, 15) is 51.9 Å². The zero-order valence-corrected chi connectivity index (χ0v) is 64.9. The van der Waals surface area contributed by atoms with Gasteiger partial charge in [0.25, 0.3) is 41.3 Å². The second-order valence-corrected chi connectivity index (χ2v) is 25.4. The van der Waals surface area contributed by atoms with Gasteiger partial charge in [-0.15, -0.1) is 10.2 Å². The molecule has 0 unspecified atom stereocenters. The van der Waals surface area contributed by atoms with Crippen LogP contribution in [0.4, 0.5) is 37.9 Å². The van der Waals surface area contributed by atoms with Gasteiger partial charge in [0.05, 0.1) is 68.0 Å². The topological polar surface area (TPSA) is 527 Å². The number of methoxy groups -OCH3 is 2. The number of carboxylic acids is 1. The maximum absolute atomic E-state index is 13.5. The number of hydrazine groups is 1. The summed E-state index contributed by atoms with van der Waals surface area (Å²) in [6.07, 6.45) is 7.17. The van der Waals surface area contributed by atoms with Crippen LogP contribution in [0.2, 0.25) is 0 Å². The molecular weight excluding hydrogens is 1570 g/mol. The predicted octanol–water partition coefficient (Wildman–Crippen LogP) is 7.87. The molecule has 0 aliphatic carbocycles. The van der Waals surface area contributed by atoms with Crippen molar-refractivity contribution in [3.05, 3.63) is 243 Å². The van der Waals surface area contributed by atoms with Crippen LogP contribution in [0, 0.1) is 11.6 Å². The molecule has 0 fully saturated rings.